The normalized spacial score (nSPS) is 16.8. The molecule has 0 saturated heterocycles. The van der Waals surface area contributed by atoms with Crippen molar-refractivity contribution < 1.29 is 8.42 Å². The van der Waals surface area contributed by atoms with Crippen molar-refractivity contribution in [2.45, 2.75) is 31.8 Å². The Morgan fingerprint density at radius 2 is 2.00 bits per heavy atom. The smallest absolute Gasteiger partial charge is 0.209 e. The molecule has 2 heterocycles. The third-order valence-corrected chi connectivity index (χ3v) is 5.32. The summed E-state index contributed by atoms with van der Waals surface area (Å²) in [7, 11) is -3.26. The maximum Gasteiger partial charge on any atom is 0.209 e. The molecule has 126 valence electrons. The summed E-state index contributed by atoms with van der Waals surface area (Å²) in [5, 5.41) is 0.970. The van der Waals surface area contributed by atoms with Crippen molar-refractivity contribution in [3.05, 3.63) is 30.1 Å². The van der Waals surface area contributed by atoms with E-state index >= 15 is 0 Å². The van der Waals surface area contributed by atoms with Gasteiger partial charge in [0.05, 0.1) is 22.8 Å². The Labute approximate surface area is 139 Å². The van der Waals surface area contributed by atoms with E-state index in [2.05, 4.69) is 19.3 Å². The zero-order valence-electron chi connectivity index (χ0n) is 13.6. The third-order valence-electron chi connectivity index (χ3n) is 4.52. The third kappa shape index (κ3) is 2.51. The van der Waals surface area contributed by atoms with Gasteiger partial charge in [0, 0.05) is 11.9 Å². The monoisotopic (exact) mass is 345 g/mol. The van der Waals surface area contributed by atoms with Crippen LogP contribution in [0, 0.1) is 6.92 Å². The van der Waals surface area contributed by atoms with E-state index in [0.29, 0.717) is 17.9 Å². The van der Waals surface area contributed by atoms with Crippen LogP contribution in [0.5, 0.6) is 0 Å². The number of hydrogen-bond acceptors (Lipinski definition) is 5. The van der Waals surface area contributed by atoms with Gasteiger partial charge >= 0.3 is 0 Å². The predicted octanol–water partition coefficient (Wildman–Crippen LogP) is 1.56. The Balaban J connectivity index is 1.91. The van der Waals surface area contributed by atoms with Crippen LogP contribution in [-0.4, -0.2) is 34.7 Å². The Morgan fingerprint density at radius 3 is 2.67 bits per heavy atom. The number of aromatic nitrogens is 3. The molecule has 0 unspecified atom stereocenters. The summed E-state index contributed by atoms with van der Waals surface area (Å²) in [6.45, 7) is 2.45. The molecule has 0 aliphatic heterocycles. The zero-order chi connectivity index (χ0) is 17.1. The number of nitrogens with zero attached hydrogens (tertiary/aromatic N) is 3. The fourth-order valence-corrected chi connectivity index (χ4v) is 4.36. The molecular formula is C16H19N5O2S. The highest BCUT2D eigenvalue weighted by molar-refractivity contribution is 7.88. The Bertz CT molecular complexity index is 1070. The average Bonchev–Trinajstić information content (AvgIpc) is 3.14. The number of anilines is 1. The van der Waals surface area contributed by atoms with Crippen LogP contribution in [0.4, 0.5) is 5.82 Å². The molecule has 4 rings (SSSR count). The number of benzene rings is 1. The minimum atomic E-state index is -3.26. The highest BCUT2D eigenvalue weighted by Gasteiger charge is 2.45. The Kier molecular flexibility index (Phi) is 3.14. The van der Waals surface area contributed by atoms with Gasteiger partial charge < -0.3 is 10.3 Å². The minimum Gasteiger partial charge on any atom is -0.382 e. The standard InChI is InChI=1S/C16H19N5O2S/c1-10-18-13-14(11-5-3-4-6-12(11)19-15(13)17)21(10)9-16(7-8-16)20-24(2,22)23/h3-6,20H,7-9H2,1-2H3,(H2,17,19). The van der Waals surface area contributed by atoms with Crippen LogP contribution in [0.2, 0.25) is 0 Å². The van der Waals surface area contributed by atoms with Crippen molar-refractivity contribution >= 4 is 37.8 Å². The number of nitrogen functional groups attached to an aromatic ring is 1. The van der Waals surface area contributed by atoms with Crippen LogP contribution in [-0.2, 0) is 16.6 Å². The summed E-state index contributed by atoms with van der Waals surface area (Å²) in [6, 6.07) is 7.78. The molecule has 1 fully saturated rings. The lowest BCUT2D eigenvalue weighted by Gasteiger charge is -2.18. The summed E-state index contributed by atoms with van der Waals surface area (Å²) in [5.74, 6) is 1.20. The van der Waals surface area contributed by atoms with Crippen molar-refractivity contribution in [2.24, 2.45) is 0 Å². The predicted molar refractivity (Wildman–Crippen MR) is 94.1 cm³/mol. The molecule has 8 heteroatoms. The van der Waals surface area contributed by atoms with Gasteiger partial charge in [0.1, 0.15) is 11.3 Å². The summed E-state index contributed by atoms with van der Waals surface area (Å²) in [4.78, 5) is 8.99. The highest BCUT2D eigenvalue weighted by atomic mass is 32.2. The molecule has 3 aromatic rings. The molecule has 0 bridgehead atoms. The fraction of sp³-hybridized carbons (Fsp3) is 0.375. The molecule has 0 atom stereocenters. The van der Waals surface area contributed by atoms with E-state index in [1.165, 1.54) is 6.26 Å². The van der Waals surface area contributed by atoms with Crippen molar-refractivity contribution in [1.82, 2.24) is 19.3 Å². The minimum absolute atomic E-state index is 0.395. The van der Waals surface area contributed by atoms with Gasteiger partial charge in [-0.2, -0.15) is 0 Å². The first-order chi connectivity index (χ1) is 11.3. The first-order valence-corrected chi connectivity index (χ1v) is 9.67. The van der Waals surface area contributed by atoms with Gasteiger partial charge in [-0.3, -0.25) is 0 Å². The second kappa shape index (κ2) is 4.90. The van der Waals surface area contributed by atoms with E-state index < -0.39 is 15.6 Å². The quantitative estimate of drug-likeness (QED) is 0.747. The second-order valence-electron chi connectivity index (χ2n) is 6.61. The van der Waals surface area contributed by atoms with Gasteiger partial charge in [-0.25, -0.2) is 23.1 Å². The van der Waals surface area contributed by atoms with Crippen LogP contribution in [0.1, 0.15) is 18.7 Å². The summed E-state index contributed by atoms with van der Waals surface area (Å²) in [5.41, 5.74) is 8.05. The first kappa shape index (κ1) is 15.3. The van der Waals surface area contributed by atoms with Crippen molar-refractivity contribution in [1.29, 1.82) is 0 Å². The number of rotatable bonds is 4. The molecular weight excluding hydrogens is 326 g/mol. The van der Waals surface area contributed by atoms with Gasteiger partial charge in [-0.15, -0.1) is 0 Å². The lowest BCUT2D eigenvalue weighted by atomic mass is 10.1. The number of aryl methyl sites for hydroxylation is 1. The van der Waals surface area contributed by atoms with Crippen molar-refractivity contribution in [3.63, 3.8) is 0 Å². The number of nitrogens with two attached hydrogens (primary N) is 1. The summed E-state index contributed by atoms with van der Waals surface area (Å²) in [6.07, 6.45) is 2.83. The van der Waals surface area contributed by atoms with Crippen molar-refractivity contribution in [2.75, 3.05) is 12.0 Å². The topological polar surface area (TPSA) is 103 Å². The molecule has 0 amide bonds. The number of hydrogen-bond donors (Lipinski definition) is 2. The molecule has 3 N–H and O–H groups in total. The van der Waals surface area contributed by atoms with Gasteiger partial charge in [-0.1, -0.05) is 18.2 Å². The van der Waals surface area contributed by atoms with Crippen LogP contribution in [0.25, 0.3) is 21.9 Å². The fourth-order valence-electron chi connectivity index (χ4n) is 3.30. The summed E-state index contributed by atoms with van der Waals surface area (Å²) < 4.78 is 28.2. The zero-order valence-corrected chi connectivity index (χ0v) is 14.4. The summed E-state index contributed by atoms with van der Waals surface area (Å²) >= 11 is 0. The molecule has 7 nitrogen and oxygen atoms in total. The number of imidazole rings is 1. The first-order valence-electron chi connectivity index (χ1n) is 7.78. The van der Waals surface area contributed by atoms with Gasteiger partial charge in [0.25, 0.3) is 0 Å². The maximum absolute atomic E-state index is 11.7. The molecule has 1 aliphatic carbocycles. The number of fused-ring (bicyclic) bond motifs is 3. The maximum atomic E-state index is 11.7. The number of para-hydroxylation sites is 1. The number of sulfonamides is 1. The largest absolute Gasteiger partial charge is 0.382 e. The number of pyridine rings is 1. The van der Waals surface area contributed by atoms with E-state index in [4.69, 9.17) is 5.73 Å². The Hall–Kier alpha value is -2.19. The Morgan fingerprint density at radius 1 is 1.29 bits per heavy atom. The van der Waals surface area contributed by atoms with Crippen LogP contribution < -0.4 is 10.5 Å². The lowest BCUT2D eigenvalue weighted by Crippen LogP contribution is -2.39. The molecule has 1 aromatic carbocycles. The van der Waals surface area contributed by atoms with E-state index in [1.807, 2.05) is 31.2 Å². The van der Waals surface area contributed by atoms with Crippen LogP contribution >= 0.6 is 0 Å². The molecule has 1 aliphatic rings. The molecule has 2 aromatic heterocycles. The van der Waals surface area contributed by atoms with Crippen LogP contribution in [0.3, 0.4) is 0 Å². The molecule has 0 spiro atoms. The molecule has 1 saturated carbocycles. The molecule has 0 radical (unpaired) electrons. The van der Waals surface area contributed by atoms with E-state index in [0.717, 1.165) is 35.1 Å². The van der Waals surface area contributed by atoms with Gasteiger partial charge in [0.15, 0.2) is 5.82 Å². The second-order valence-corrected chi connectivity index (χ2v) is 8.36. The number of nitrogens with one attached hydrogen (secondary N) is 1. The highest BCUT2D eigenvalue weighted by Crippen LogP contribution is 2.39. The van der Waals surface area contributed by atoms with Crippen molar-refractivity contribution in [3.8, 4) is 0 Å². The average molecular weight is 345 g/mol. The van der Waals surface area contributed by atoms with E-state index in [1.54, 1.807) is 0 Å². The lowest BCUT2D eigenvalue weighted by molar-refractivity contribution is 0.487. The van der Waals surface area contributed by atoms with Crippen LogP contribution in [0.15, 0.2) is 24.3 Å². The molecule has 24 heavy (non-hydrogen) atoms. The van der Waals surface area contributed by atoms with E-state index in [9.17, 15) is 8.42 Å². The van der Waals surface area contributed by atoms with Gasteiger partial charge in [-0.05, 0) is 25.8 Å². The SMILES string of the molecule is Cc1nc2c(N)nc3ccccc3c2n1CC1(NS(C)(=O)=O)CC1. The van der Waals surface area contributed by atoms with Gasteiger partial charge in [0.2, 0.25) is 10.0 Å². The van der Waals surface area contributed by atoms with E-state index in [-0.39, 0.29) is 0 Å².